The van der Waals surface area contributed by atoms with Crippen molar-refractivity contribution in [1.29, 1.82) is 0 Å². The maximum atomic E-state index is 4.85. The Kier molecular flexibility index (Phi) is 8.65. The quantitative estimate of drug-likeness (QED) is 0.445. The Balaban J connectivity index is 1.64. The summed E-state index contributed by atoms with van der Waals surface area (Å²) in [6.07, 6.45) is 16.3. The molecule has 2 heteroatoms. The molecule has 1 aromatic heterocycles. The summed E-state index contributed by atoms with van der Waals surface area (Å²) < 4.78 is 2.23. The number of imidazole rings is 1. The van der Waals surface area contributed by atoms with E-state index >= 15 is 0 Å². The molecule has 0 aliphatic heterocycles. The summed E-state index contributed by atoms with van der Waals surface area (Å²) in [5.74, 6) is 1.26. The first kappa shape index (κ1) is 18.8. The molecule has 2 aromatic rings. The van der Waals surface area contributed by atoms with E-state index in [9.17, 15) is 0 Å². The summed E-state index contributed by atoms with van der Waals surface area (Å²) in [6, 6.07) is 10.7. The van der Waals surface area contributed by atoms with E-state index in [-0.39, 0.29) is 0 Å². The maximum Gasteiger partial charge on any atom is 0.108 e. The molecule has 0 atom stereocenters. The third kappa shape index (κ3) is 6.90. The minimum Gasteiger partial charge on any atom is -0.338 e. The molecule has 132 valence electrons. The standard InChI is InChI=1S/C22H34N2/c1-3-4-5-6-7-8-12-18-22-23-21(19-24(22)2)17-13-16-20-14-10-9-11-15-20/h9-11,14-15,19H,3-8,12-13,16-18H2,1-2H3. The largest absolute Gasteiger partial charge is 0.338 e. The highest BCUT2D eigenvalue weighted by Gasteiger charge is 2.05. The fraction of sp³-hybridized carbons (Fsp3) is 0.591. The van der Waals surface area contributed by atoms with Crippen LogP contribution >= 0.6 is 0 Å². The van der Waals surface area contributed by atoms with Gasteiger partial charge in [-0.2, -0.15) is 0 Å². The van der Waals surface area contributed by atoms with Gasteiger partial charge in [-0.15, -0.1) is 0 Å². The summed E-state index contributed by atoms with van der Waals surface area (Å²) >= 11 is 0. The summed E-state index contributed by atoms with van der Waals surface area (Å²) in [7, 11) is 2.14. The van der Waals surface area contributed by atoms with Crippen LogP contribution < -0.4 is 0 Å². The molecule has 24 heavy (non-hydrogen) atoms. The number of hydrogen-bond acceptors (Lipinski definition) is 1. The molecule has 1 heterocycles. The Morgan fingerprint density at radius 2 is 1.50 bits per heavy atom. The van der Waals surface area contributed by atoms with Crippen molar-refractivity contribution in [3.05, 3.63) is 53.6 Å². The lowest BCUT2D eigenvalue weighted by Crippen LogP contribution is -1.97. The van der Waals surface area contributed by atoms with Crippen molar-refractivity contribution in [3.63, 3.8) is 0 Å². The first-order valence-electron chi connectivity index (χ1n) is 9.84. The number of hydrogen-bond donors (Lipinski definition) is 0. The van der Waals surface area contributed by atoms with E-state index in [0.29, 0.717) is 0 Å². The lowest BCUT2D eigenvalue weighted by molar-refractivity contribution is 0.580. The Morgan fingerprint density at radius 1 is 0.792 bits per heavy atom. The van der Waals surface area contributed by atoms with Crippen LogP contribution in [0.3, 0.4) is 0 Å². The smallest absolute Gasteiger partial charge is 0.108 e. The van der Waals surface area contributed by atoms with Gasteiger partial charge in [0.2, 0.25) is 0 Å². The van der Waals surface area contributed by atoms with Crippen molar-refractivity contribution >= 4 is 0 Å². The Labute approximate surface area is 148 Å². The molecule has 0 spiro atoms. The molecule has 0 saturated carbocycles. The highest BCUT2D eigenvalue weighted by atomic mass is 15.0. The maximum absolute atomic E-state index is 4.85. The number of aryl methyl sites for hydroxylation is 4. The van der Waals surface area contributed by atoms with Crippen molar-refractivity contribution in [2.24, 2.45) is 7.05 Å². The van der Waals surface area contributed by atoms with Gasteiger partial charge in [0, 0.05) is 19.7 Å². The van der Waals surface area contributed by atoms with Gasteiger partial charge in [-0.1, -0.05) is 75.8 Å². The van der Waals surface area contributed by atoms with E-state index < -0.39 is 0 Å². The molecular formula is C22H34N2. The topological polar surface area (TPSA) is 17.8 Å². The third-order valence-corrected chi connectivity index (χ3v) is 4.77. The summed E-state index contributed by atoms with van der Waals surface area (Å²) in [6.45, 7) is 2.28. The molecule has 2 nitrogen and oxygen atoms in total. The second-order valence-corrected chi connectivity index (χ2v) is 6.97. The average Bonchev–Trinajstić information content (AvgIpc) is 2.95. The van der Waals surface area contributed by atoms with E-state index in [0.717, 1.165) is 19.3 Å². The van der Waals surface area contributed by atoms with Crippen molar-refractivity contribution in [2.45, 2.75) is 77.6 Å². The van der Waals surface area contributed by atoms with Gasteiger partial charge in [-0.25, -0.2) is 4.98 Å². The molecule has 0 unspecified atom stereocenters. The highest BCUT2D eigenvalue weighted by molar-refractivity contribution is 5.15. The van der Waals surface area contributed by atoms with Gasteiger partial charge < -0.3 is 4.57 Å². The van der Waals surface area contributed by atoms with Crippen LogP contribution in [-0.4, -0.2) is 9.55 Å². The third-order valence-electron chi connectivity index (χ3n) is 4.77. The van der Waals surface area contributed by atoms with Gasteiger partial charge in [-0.3, -0.25) is 0 Å². The molecule has 1 aromatic carbocycles. The van der Waals surface area contributed by atoms with E-state index in [1.165, 1.54) is 68.4 Å². The zero-order valence-corrected chi connectivity index (χ0v) is 15.6. The molecular weight excluding hydrogens is 292 g/mol. The predicted octanol–water partition coefficient (Wildman–Crippen LogP) is 5.89. The highest BCUT2D eigenvalue weighted by Crippen LogP contribution is 2.12. The van der Waals surface area contributed by atoms with Gasteiger partial charge >= 0.3 is 0 Å². The van der Waals surface area contributed by atoms with E-state index in [4.69, 9.17) is 4.98 Å². The normalized spacial score (nSPS) is 11.1. The number of nitrogens with zero attached hydrogens (tertiary/aromatic N) is 2. The molecule has 0 N–H and O–H groups in total. The number of benzene rings is 1. The van der Waals surface area contributed by atoms with E-state index in [2.05, 4.69) is 55.1 Å². The lowest BCUT2D eigenvalue weighted by Gasteiger charge is -2.02. The second-order valence-electron chi connectivity index (χ2n) is 6.97. The number of aromatic nitrogens is 2. The van der Waals surface area contributed by atoms with Gasteiger partial charge in [-0.05, 0) is 31.2 Å². The van der Waals surface area contributed by atoms with Crippen LogP contribution in [0.2, 0.25) is 0 Å². The molecule has 0 amide bonds. The van der Waals surface area contributed by atoms with Crippen LogP contribution in [0.25, 0.3) is 0 Å². The van der Waals surface area contributed by atoms with Crippen LogP contribution in [0.4, 0.5) is 0 Å². The summed E-state index contributed by atoms with van der Waals surface area (Å²) in [4.78, 5) is 4.85. The minimum absolute atomic E-state index is 1.08. The number of rotatable bonds is 12. The average molecular weight is 327 g/mol. The Bertz CT molecular complexity index is 557. The van der Waals surface area contributed by atoms with Crippen LogP contribution in [0.15, 0.2) is 36.5 Å². The van der Waals surface area contributed by atoms with Crippen LogP contribution in [0.5, 0.6) is 0 Å². The fourth-order valence-electron chi connectivity index (χ4n) is 3.28. The number of unbranched alkanes of at least 4 members (excludes halogenated alkanes) is 6. The Morgan fingerprint density at radius 3 is 2.25 bits per heavy atom. The zero-order chi connectivity index (χ0) is 17.0. The first-order valence-corrected chi connectivity index (χ1v) is 9.84. The summed E-state index contributed by atoms with van der Waals surface area (Å²) in [5.41, 5.74) is 2.68. The van der Waals surface area contributed by atoms with Gasteiger partial charge in [0.25, 0.3) is 0 Å². The molecule has 0 radical (unpaired) electrons. The van der Waals surface area contributed by atoms with Gasteiger partial charge in [0.15, 0.2) is 0 Å². The molecule has 0 saturated heterocycles. The van der Waals surface area contributed by atoms with Gasteiger partial charge in [0.05, 0.1) is 5.69 Å². The van der Waals surface area contributed by atoms with Gasteiger partial charge in [0.1, 0.15) is 5.82 Å². The van der Waals surface area contributed by atoms with Crippen molar-refractivity contribution in [2.75, 3.05) is 0 Å². The van der Waals surface area contributed by atoms with E-state index in [1.54, 1.807) is 0 Å². The van der Waals surface area contributed by atoms with Crippen LogP contribution in [0, 0.1) is 0 Å². The molecule has 0 aliphatic rings. The monoisotopic (exact) mass is 326 g/mol. The molecule has 2 rings (SSSR count). The van der Waals surface area contributed by atoms with Crippen molar-refractivity contribution in [3.8, 4) is 0 Å². The van der Waals surface area contributed by atoms with Crippen LogP contribution in [0.1, 0.15) is 75.4 Å². The second kappa shape index (κ2) is 11.1. The lowest BCUT2D eigenvalue weighted by atomic mass is 10.1. The molecule has 0 aliphatic carbocycles. The van der Waals surface area contributed by atoms with Crippen LogP contribution in [-0.2, 0) is 26.3 Å². The van der Waals surface area contributed by atoms with Crippen molar-refractivity contribution < 1.29 is 0 Å². The van der Waals surface area contributed by atoms with E-state index in [1.807, 2.05) is 0 Å². The van der Waals surface area contributed by atoms with Crippen molar-refractivity contribution in [1.82, 2.24) is 9.55 Å². The molecule has 0 fully saturated rings. The first-order chi connectivity index (χ1) is 11.8. The summed E-state index contributed by atoms with van der Waals surface area (Å²) in [5, 5.41) is 0. The SMILES string of the molecule is CCCCCCCCCc1nc(CCCc2ccccc2)cn1C. The Hall–Kier alpha value is -1.57. The minimum atomic E-state index is 1.08. The predicted molar refractivity (Wildman–Crippen MR) is 103 cm³/mol. The zero-order valence-electron chi connectivity index (χ0n) is 15.6. The fourth-order valence-corrected chi connectivity index (χ4v) is 3.28. The molecule has 0 bridgehead atoms.